The third kappa shape index (κ3) is 4.65. The first kappa shape index (κ1) is 15.1. The van der Waals surface area contributed by atoms with Crippen molar-refractivity contribution in [3.8, 4) is 0 Å². The molecule has 0 saturated heterocycles. The lowest BCUT2D eigenvalue weighted by molar-refractivity contribution is -0.122. The van der Waals surface area contributed by atoms with E-state index in [4.69, 9.17) is 0 Å². The minimum Gasteiger partial charge on any atom is -0.311 e. The summed E-state index contributed by atoms with van der Waals surface area (Å²) in [5.74, 6) is -0.718. The number of carbonyl (C=O) groups is 2. The van der Waals surface area contributed by atoms with Gasteiger partial charge in [0, 0.05) is 6.54 Å². The molecule has 0 aliphatic carbocycles. The molecule has 8 nitrogen and oxygen atoms in total. The Labute approximate surface area is 125 Å². The highest BCUT2D eigenvalue weighted by atomic mass is 32.1. The van der Waals surface area contributed by atoms with E-state index in [1.54, 1.807) is 23.7 Å². The van der Waals surface area contributed by atoms with Crippen molar-refractivity contribution in [1.82, 2.24) is 31.2 Å². The van der Waals surface area contributed by atoms with Crippen LogP contribution in [-0.4, -0.2) is 33.4 Å². The summed E-state index contributed by atoms with van der Waals surface area (Å²) in [5.41, 5.74) is 5.44. The lowest BCUT2D eigenvalue weighted by Gasteiger charge is -2.05. The highest BCUT2D eigenvalue weighted by Crippen LogP contribution is 2.06. The first-order valence-corrected chi connectivity index (χ1v) is 7.29. The Kier molecular flexibility index (Phi) is 5.41. The van der Waals surface area contributed by atoms with E-state index < -0.39 is 0 Å². The van der Waals surface area contributed by atoms with Crippen molar-refractivity contribution in [3.63, 3.8) is 0 Å². The highest BCUT2D eigenvalue weighted by Gasteiger charge is 2.09. The second-order valence-electron chi connectivity index (χ2n) is 4.17. The Morgan fingerprint density at radius 3 is 2.95 bits per heavy atom. The number of nitrogens with zero attached hydrogens (tertiary/aromatic N) is 3. The Morgan fingerprint density at radius 2 is 2.24 bits per heavy atom. The number of thiophene rings is 1. The number of amides is 2. The van der Waals surface area contributed by atoms with Crippen LogP contribution in [0.25, 0.3) is 0 Å². The summed E-state index contributed by atoms with van der Waals surface area (Å²) in [5, 5.41) is 12.7. The standard InChI is InChI=1S/C12H16N6O2S/c1-2-13-6-9-7-18(17-14-9)8-11(19)15-16-12(20)10-4-3-5-21-10/h3-5,7,13H,2,6,8H2,1H3,(H,15,19)(H,16,20). The molecule has 0 radical (unpaired) electrons. The number of hydrogen-bond acceptors (Lipinski definition) is 6. The van der Waals surface area contributed by atoms with Crippen LogP contribution in [0.3, 0.4) is 0 Å². The van der Waals surface area contributed by atoms with E-state index in [0.717, 1.165) is 12.2 Å². The van der Waals surface area contributed by atoms with E-state index in [1.807, 2.05) is 6.92 Å². The van der Waals surface area contributed by atoms with Crippen LogP contribution >= 0.6 is 11.3 Å². The van der Waals surface area contributed by atoms with Crippen LogP contribution in [0, 0.1) is 0 Å². The monoisotopic (exact) mass is 308 g/mol. The molecular formula is C12H16N6O2S. The first-order chi connectivity index (χ1) is 10.2. The molecule has 2 aromatic rings. The van der Waals surface area contributed by atoms with E-state index >= 15 is 0 Å². The molecule has 0 unspecified atom stereocenters. The van der Waals surface area contributed by atoms with E-state index in [9.17, 15) is 9.59 Å². The van der Waals surface area contributed by atoms with E-state index in [2.05, 4.69) is 26.5 Å². The third-order valence-corrected chi connectivity index (χ3v) is 3.38. The molecule has 0 bridgehead atoms. The van der Waals surface area contributed by atoms with Gasteiger partial charge in [0.05, 0.1) is 16.8 Å². The lowest BCUT2D eigenvalue weighted by atomic mass is 10.4. The zero-order chi connectivity index (χ0) is 15.1. The number of rotatable bonds is 6. The van der Waals surface area contributed by atoms with Gasteiger partial charge in [-0.2, -0.15) is 0 Å². The van der Waals surface area contributed by atoms with Crippen molar-refractivity contribution in [1.29, 1.82) is 0 Å². The van der Waals surface area contributed by atoms with Crippen molar-refractivity contribution in [2.45, 2.75) is 20.0 Å². The fourth-order valence-corrected chi connectivity index (χ4v) is 2.15. The second kappa shape index (κ2) is 7.50. The predicted molar refractivity (Wildman–Crippen MR) is 77.3 cm³/mol. The summed E-state index contributed by atoms with van der Waals surface area (Å²) in [6.07, 6.45) is 1.68. The minimum atomic E-state index is -0.375. The van der Waals surface area contributed by atoms with Crippen molar-refractivity contribution >= 4 is 23.2 Å². The van der Waals surface area contributed by atoms with Gasteiger partial charge in [0.15, 0.2) is 0 Å². The summed E-state index contributed by atoms with van der Waals surface area (Å²) in [4.78, 5) is 23.8. The maximum absolute atomic E-state index is 11.7. The Bertz CT molecular complexity index is 595. The number of nitrogens with one attached hydrogen (secondary N) is 3. The maximum atomic E-state index is 11.7. The Hall–Kier alpha value is -2.26. The molecule has 112 valence electrons. The molecular weight excluding hydrogens is 292 g/mol. The molecule has 0 saturated carbocycles. The van der Waals surface area contributed by atoms with Gasteiger partial charge in [0.25, 0.3) is 11.8 Å². The van der Waals surface area contributed by atoms with Crippen molar-refractivity contribution < 1.29 is 9.59 Å². The lowest BCUT2D eigenvalue weighted by Crippen LogP contribution is -2.43. The average Bonchev–Trinajstić information content (AvgIpc) is 3.14. The van der Waals surface area contributed by atoms with Crippen molar-refractivity contribution in [2.75, 3.05) is 6.54 Å². The topological polar surface area (TPSA) is 101 Å². The zero-order valence-electron chi connectivity index (χ0n) is 11.5. The van der Waals surface area contributed by atoms with Gasteiger partial charge in [-0.25, -0.2) is 4.68 Å². The number of aromatic nitrogens is 3. The van der Waals surface area contributed by atoms with Gasteiger partial charge >= 0.3 is 0 Å². The summed E-state index contributed by atoms with van der Waals surface area (Å²) >= 11 is 1.30. The fourth-order valence-electron chi connectivity index (χ4n) is 1.53. The molecule has 3 N–H and O–H groups in total. The molecule has 0 aliphatic rings. The average molecular weight is 308 g/mol. The molecule has 2 rings (SSSR count). The molecule has 2 amide bonds. The van der Waals surface area contributed by atoms with Gasteiger partial charge in [0.1, 0.15) is 6.54 Å². The van der Waals surface area contributed by atoms with E-state index in [1.165, 1.54) is 16.0 Å². The van der Waals surface area contributed by atoms with Gasteiger partial charge in [-0.15, -0.1) is 16.4 Å². The van der Waals surface area contributed by atoms with Crippen LogP contribution in [0.15, 0.2) is 23.7 Å². The second-order valence-corrected chi connectivity index (χ2v) is 5.12. The van der Waals surface area contributed by atoms with Gasteiger partial charge in [-0.3, -0.25) is 20.4 Å². The van der Waals surface area contributed by atoms with Crippen LogP contribution in [-0.2, 0) is 17.9 Å². The maximum Gasteiger partial charge on any atom is 0.279 e. The van der Waals surface area contributed by atoms with Crippen LogP contribution in [0.2, 0.25) is 0 Å². The quantitative estimate of drug-likeness (QED) is 0.648. The van der Waals surface area contributed by atoms with Crippen molar-refractivity contribution in [2.24, 2.45) is 0 Å². The molecule has 0 aliphatic heterocycles. The van der Waals surface area contributed by atoms with Gasteiger partial charge < -0.3 is 5.32 Å². The summed E-state index contributed by atoms with van der Waals surface area (Å²) < 4.78 is 1.42. The number of hydrazine groups is 1. The van der Waals surface area contributed by atoms with E-state index in [0.29, 0.717) is 11.4 Å². The van der Waals surface area contributed by atoms with Gasteiger partial charge in [-0.1, -0.05) is 18.2 Å². The van der Waals surface area contributed by atoms with Crippen LogP contribution < -0.4 is 16.2 Å². The normalized spacial score (nSPS) is 10.3. The largest absolute Gasteiger partial charge is 0.311 e. The highest BCUT2D eigenvalue weighted by molar-refractivity contribution is 7.12. The van der Waals surface area contributed by atoms with Crippen molar-refractivity contribution in [3.05, 3.63) is 34.3 Å². The van der Waals surface area contributed by atoms with Crippen LogP contribution in [0.5, 0.6) is 0 Å². The molecule has 0 spiro atoms. The minimum absolute atomic E-state index is 0.0101. The molecule has 2 aromatic heterocycles. The van der Waals surface area contributed by atoms with Gasteiger partial charge in [-0.05, 0) is 18.0 Å². The fraction of sp³-hybridized carbons (Fsp3) is 0.333. The summed E-state index contributed by atoms with van der Waals surface area (Å²) in [6.45, 7) is 3.42. The summed E-state index contributed by atoms with van der Waals surface area (Å²) in [7, 11) is 0. The molecule has 2 heterocycles. The third-order valence-electron chi connectivity index (χ3n) is 2.51. The smallest absolute Gasteiger partial charge is 0.279 e. The zero-order valence-corrected chi connectivity index (χ0v) is 12.3. The van der Waals surface area contributed by atoms with Gasteiger partial charge in [0.2, 0.25) is 0 Å². The molecule has 0 fully saturated rings. The predicted octanol–water partition coefficient (Wildman–Crippen LogP) is -0.0897. The number of carbonyl (C=O) groups excluding carboxylic acids is 2. The SMILES string of the molecule is CCNCc1cn(CC(=O)NNC(=O)c2cccs2)nn1. The Balaban J connectivity index is 1.76. The Morgan fingerprint density at radius 1 is 1.38 bits per heavy atom. The first-order valence-electron chi connectivity index (χ1n) is 6.41. The molecule has 0 atom stereocenters. The van der Waals surface area contributed by atoms with E-state index in [-0.39, 0.29) is 18.4 Å². The molecule has 21 heavy (non-hydrogen) atoms. The van der Waals surface area contributed by atoms with Crippen LogP contribution in [0.1, 0.15) is 22.3 Å². The number of hydrogen-bond donors (Lipinski definition) is 3. The summed E-state index contributed by atoms with van der Waals surface area (Å²) in [6, 6.07) is 3.44. The molecule has 9 heteroatoms. The van der Waals surface area contributed by atoms with Crippen LogP contribution in [0.4, 0.5) is 0 Å². The molecule has 0 aromatic carbocycles.